The van der Waals surface area contributed by atoms with E-state index in [1.54, 1.807) is 0 Å². The zero-order chi connectivity index (χ0) is 26.2. The van der Waals surface area contributed by atoms with Gasteiger partial charge in [-0.2, -0.15) is 0 Å². The standard InChI is InChI=1S/C38H23NO/c1-2-11-24(12-3-1)26-14-10-15-27(23-26)39-33-20-9-8-19-31(33)34-35-32-22-21-25-13-4-5-16-28(25)37(32)40-38(35)30-18-7-6-17-29(30)36(34)39/h1-23H. The first kappa shape index (κ1) is 21.6. The lowest BCUT2D eigenvalue weighted by molar-refractivity contribution is 0.676. The first-order chi connectivity index (χ1) is 19.9. The fraction of sp³-hybridized carbons (Fsp3) is 0. The van der Waals surface area contributed by atoms with Crippen molar-refractivity contribution in [2.75, 3.05) is 0 Å². The molecule has 0 unspecified atom stereocenters. The van der Waals surface area contributed by atoms with Crippen molar-refractivity contribution < 1.29 is 4.42 Å². The molecule has 0 amide bonds. The quantitative estimate of drug-likeness (QED) is 0.227. The smallest absolute Gasteiger partial charge is 0.144 e. The third-order valence-corrected chi connectivity index (χ3v) is 8.34. The van der Waals surface area contributed by atoms with E-state index in [9.17, 15) is 0 Å². The third-order valence-electron chi connectivity index (χ3n) is 8.34. The SMILES string of the molecule is c1ccc(-c2cccc(-n3c4ccccc4c4c5c6ccc7ccccc7c6oc5c5ccccc5c43)c2)cc1. The van der Waals surface area contributed by atoms with E-state index in [0.29, 0.717) is 0 Å². The number of hydrogen-bond acceptors (Lipinski definition) is 1. The number of furan rings is 1. The largest absolute Gasteiger partial charge is 0.455 e. The Morgan fingerprint density at radius 3 is 2.00 bits per heavy atom. The Labute approximate surface area is 230 Å². The van der Waals surface area contributed by atoms with Gasteiger partial charge in [0.2, 0.25) is 0 Å². The van der Waals surface area contributed by atoms with Crippen LogP contribution in [0, 0.1) is 0 Å². The summed E-state index contributed by atoms with van der Waals surface area (Å²) in [6.45, 7) is 0. The molecule has 2 aromatic heterocycles. The van der Waals surface area contributed by atoms with E-state index in [1.165, 1.54) is 49.1 Å². The molecule has 0 aliphatic rings. The fourth-order valence-corrected chi connectivity index (χ4v) is 6.62. The molecule has 0 spiro atoms. The number of rotatable bonds is 2. The van der Waals surface area contributed by atoms with Crippen molar-refractivity contribution in [3.8, 4) is 16.8 Å². The van der Waals surface area contributed by atoms with Gasteiger partial charge < -0.3 is 8.98 Å². The summed E-state index contributed by atoms with van der Waals surface area (Å²) < 4.78 is 9.26. The minimum atomic E-state index is 0.952. The predicted molar refractivity (Wildman–Crippen MR) is 169 cm³/mol. The molecule has 0 atom stereocenters. The molecule has 40 heavy (non-hydrogen) atoms. The Morgan fingerprint density at radius 1 is 0.425 bits per heavy atom. The van der Waals surface area contributed by atoms with Crippen molar-refractivity contribution >= 4 is 65.3 Å². The highest BCUT2D eigenvalue weighted by atomic mass is 16.3. The van der Waals surface area contributed by atoms with E-state index in [2.05, 4.69) is 144 Å². The molecule has 2 heterocycles. The van der Waals surface area contributed by atoms with Gasteiger partial charge in [0.15, 0.2) is 0 Å². The lowest BCUT2D eigenvalue weighted by atomic mass is 9.98. The molecule has 0 aliphatic heterocycles. The number of hydrogen-bond donors (Lipinski definition) is 0. The van der Waals surface area contributed by atoms with Crippen LogP contribution in [0.3, 0.4) is 0 Å². The van der Waals surface area contributed by atoms with Gasteiger partial charge in [-0.05, 0) is 40.8 Å². The first-order valence-corrected chi connectivity index (χ1v) is 13.7. The topological polar surface area (TPSA) is 18.1 Å². The van der Waals surface area contributed by atoms with Gasteiger partial charge >= 0.3 is 0 Å². The van der Waals surface area contributed by atoms with Crippen LogP contribution in [-0.4, -0.2) is 4.57 Å². The lowest BCUT2D eigenvalue weighted by Gasteiger charge is -2.12. The van der Waals surface area contributed by atoms with Crippen LogP contribution < -0.4 is 0 Å². The zero-order valence-corrected chi connectivity index (χ0v) is 21.6. The molecule has 0 fully saturated rings. The van der Waals surface area contributed by atoms with E-state index in [-0.39, 0.29) is 0 Å². The van der Waals surface area contributed by atoms with Gasteiger partial charge in [-0.3, -0.25) is 0 Å². The van der Waals surface area contributed by atoms with Crippen molar-refractivity contribution in [3.05, 3.63) is 140 Å². The van der Waals surface area contributed by atoms with E-state index in [4.69, 9.17) is 4.42 Å². The molecular weight excluding hydrogens is 486 g/mol. The van der Waals surface area contributed by atoms with Crippen LogP contribution in [0.15, 0.2) is 144 Å². The molecule has 0 radical (unpaired) electrons. The van der Waals surface area contributed by atoms with Gasteiger partial charge in [0.05, 0.1) is 11.0 Å². The molecule has 7 aromatic carbocycles. The Morgan fingerprint density at radius 2 is 1.12 bits per heavy atom. The maximum atomic E-state index is 6.82. The normalized spacial score (nSPS) is 12.0. The summed E-state index contributed by atoms with van der Waals surface area (Å²) in [6, 6.07) is 49.9. The number of aromatic nitrogens is 1. The van der Waals surface area contributed by atoms with Crippen LogP contribution in [0.25, 0.3) is 82.1 Å². The average molecular weight is 510 g/mol. The Hall–Kier alpha value is -5.34. The minimum absolute atomic E-state index is 0.952. The second kappa shape index (κ2) is 8.08. The van der Waals surface area contributed by atoms with E-state index in [0.717, 1.165) is 33.0 Å². The summed E-state index contributed by atoms with van der Waals surface area (Å²) >= 11 is 0. The Bertz CT molecular complexity index is 2420. The van der Waals surface area contributed by atoms with Gasteiger partial charge in [-0.1, -0.05) is 115 Å². The molecule has 2 nitrogen and oxygen atoms in total. The highest BCUT2D eigenvalue weighted by Gasteiger charge is 2.23. The molecule has 0 bridgehead atoms. The van der Waals surface area contributed by atoms with Crippen LogP contribution in [0.5, 0.6) is 0 Å². The summed E-state index contributed by atoms with van der Waals surface area (Å²) in [7, 11) is 0. The van der Waals surface area contributed by atoms with Gasteiger partial charge in [0.25, 0.3) is 0 Å². The van der Waals surface area contributed by atoms with Gasteiger partial charge in [0, 0.05) is 43.4 Å². The van der Waals surface area contributed by atoms with Crippen molar-refractivity contribution in [1.82, 2.24) is 4.57 Å². The maximum Gasteiger partial charge on any atom is 0.144 e. The van der Waals surface area contributed by atoms with Gasteiger partial charge in [-0.15, -0.1) is 0 Å². The molecular formula is C38H23NO. The van der Waals surface area contributed by atoms with E-state index >= 15 is 0 Å². The van der Waals surface area contributed by atoms with Crippen molar-refractivity contribution in [1.29, 1.82) is 0 Å². The minimum Gasteiger partial charge on any atom is -0.455 e. The summed E-state index contributed by atoms with van der Waals surface area (Å²) in [4.78, 5) is 0. The molecule has 0 aliphatic carbocycles. The Kier molecular flexibility index (Phi) is 4.36. The second-order valence-electron chi connectivity index (χ2n) is 10.5. The highest BCUT2D eigenvalue weighted by molar-refractivity contribution is 6.37. The van der Waals surface area contributed by atoms with Crippen LogP contribution in [-0.2, 0) is 0 Å². The molecule has 9 aromatic rings. The Balaban J connectivity index is 1.51. The average Bonchev–Trinajstić information content (AvgIpc) is 3.59. The number of nitrogens with zero attached hydrogens (tertiary/aromatic N) is 1. The van der Waals surface area contributed by atoms with Crippen molar-refractivity contribution in [3.63, 3.8) is 0 Å². The maximum absolute atomic E-state index is 6.82. The lowest BCUT2D eigenvalue weighted by Crippen LogP contribution is -1.95. The summed E-state index contributed by atoms with van der Waals surface area (Å²) in [6.07, 6.45) is 0. The molecule has 186 valence electrons. The fourth-order valence-electron chi connectivity index (χ4n) is 6.62. The molecule has 0 saturated heterocycles. The van der Waals surface area contributed by atoms with Crippen molar-refractivity contribution in [2.24, 2.45) is 0 Å². The summed E-state index contributed by atoms with van der Waals surface area (Å²) in [5.74, 6) is 0. The number of fused-ring (bicyclic) bond motifs is 12. The van der Waals surface area contributed by atoms with Crippen LogP contribution in [0.2, 0.25) is 0 Å². The monoisotopic (exact) mass is 509 g/mol. The van der Waals surface area contributed by atoms with E-state index in [1.807, 2.05) is 0 Å². The van der Waals surface area contributed by atoms with Crippen molar-refractivity contribution in [2.45, 2.75) is 0 Å². The van der Waals surface area contributed by atoms with Crippen LogP contribution in [0.4, 0.5) is 0 Å². The van der Waals surface area contributed by atoms with Crippen LogP contribution in [0.1, 0.15) is 0 Å². The second-order valence-corrected chi connectivity index (χ2v) is 10.5. The number of benzene rings is 7. The molecule has 2 heteroatoms. The molecule has 9 rings (SSSR count). The zero-order valence-electron chi connectivity index (χ0n) is 21.6. The van der Waals surface area contributed by atoms with Gasteiger partial charge in [-0.25, -0.2) is 0 Å². The summed E-state index contributed by atoms with van der Waals surface area (Å²) in [5.41, 5.74) is 7.87. The molecule has 0 saturated carbocycles. The van der Waals surface area contributed by atoms with Gasteiger partial charge in [0.1, 0.15) is 11.2 Å². The van der Waals surface area contributed by atoms with E-state index < -0.39 is 0 Å². The highest BCUT2D eigenvalue weighted by Crippen LogP contribution is 2.47. The number of para-hydroxylation sites is 1. The predicted octanol–water partition coefficient (Wildman–Crippen LogP) is 10.7. The third kappa shape index (κ3) is 2.88. The first-order valence-electron chi connectivity index (χ1n) is 13.7. The van der Waals surface area contributed by atoms with Crippen LogP contribution >= 0.6 is 0 Å². The summed E-state index contributed by atoms with van der Waals surface area (Å²) in [5, 5.41) is 9.47. The molecule has 0 N–H and O–H groups in total.